The zero-order valence-corrected chi connectivity index (χ0v) is 16.6. The average molecular weight is 384 g/mol. The summed E-state index contributed by atoms with van der Waals surface area (Å²) in [6, 6.07) is 25.4. The minimum atomic E-state index is -0.0392. The van der Waals surface area contributed by atoms with Crippen LogP contribution >= 0.6 is 0 Å². The molecule has 29 heavy (non-hydrogen) atoms. The molecule has 4 aromatic rings. The highest BCUT2D eigenvalue weighted by Crippen LogP contribution is 2.29. The van der Waals surface area contributed by atoms with Crippen LogP contribution in [0, 0.1) is 6.92 Å². The summed E-state index contributed by atoms with van der Waals surface area (Å²) < 4.78 is 12.1. The van der Waals surface area contributed by atoms with Crippen molar-refractivity contribution in [3.8, 4) is 17.1 Å². The van der Waals surface area contributed by atoms with E-state index in [0.717, 1.165) is 36.1 Å². The molecule has 146 valence electrons. The molecule has 3 heteroatoms. The molecule has 0 amide bonds. The maximum absolute atomic E-state index is 12.6. The van der Waals surface area contributed by atoms with Gasteiger partial charge in [-0.25, -0.2) is 0 Å². The fourth-order valence-electron chi connectivity index (χ4n) is 3.49. The predicted octanol–water partition coefficient (Wildman–Crippen LogP) is 6.17. The van der Waals surface area contributed by atoms with E-state index in [1.165, 1.54) is 5.56 Å². The topological polar surface area (TPSA) is 39.4 Å². The van der Waals surface area contributed by atoms with Gasteiger partial charge < -0.3 is 9.15 Å². The van der Waals surface area contributed by atoms with Crippen molar-refractivity contribution in [1.82, 2.24) is 0 Å². The Balaban J connectivity index is 1.48. The highest BCUT2D eigenvalue weighted by atomic mass is 16.5. The zero-order valence-electron chi connectivity index (χ0n) is 16.6. The van der Waals surface area contributed by atoms with Gasteiger partial charge in [-0.2, -0.15) is 0 Å². The quantitative estimate of drug-likeness (QED) is 0.358. The molecule has 0 spiro atoms. The molecule has 0 unspecified atom stereocenters. The zero-order chi connectivity index (χ0) is 20.1. The molecular formula is C26H24O3. The molecule has 0 bridgehead atoms. The lowest BCUT2D eigenvalue weighted by Gasteiger charge is -2.11. The summed E-state index contributed by atoms with van der Waals surface area (Å²) in [4.78, 5) is 12.6. The second kappa shape index (κ2) is 8.78. The number of aryl methyl sites for hydroxylation is 2. The molecule has 4 rings (SSSR count). The Morgan fingerprint density at radius 2 is 1.59 bits per heavy atom. The van der Waals surface area contributed by atoms with Gasteiger partial charge in [-0.15, -0.1) is 0 Å². The molecule has 3 nitrogen and oxygen atoms in total. The SMILES string of the molecule is Cc1c(OCCCCc2ccccc2)ccc2c(=O)cc(-c3ccccc3)oc12. The highest BCUT2D eigenvalue weighted by Gasteiger charge is 2.12. The Kier molecular flexibility index (Phi) is 5.76. The summed E-state index contributed by atoms with van der Waals surface area (Å²) in [6.07, 6.45) is 3.10. The third kappa shape index (κ3) is 4.40. The van der Waals surface area contributed by atoms with Crippen LogP contribution in [0.2, 0.25) is 0 Å². The number of ether oxygens (including phenoxy) is 1. The normalized spacial score (nSPS) is 10.9. The van der Waals surface area contributed by atoms with E-state index in [2.05, 4.69) is 24.3 Å². The van der Waals surface area contributed by atoms with E-state index in [1.807, 2.05) is 49.4 Å². The Hall–Kier alpha value is -3.33. The molecule has 0 aliphatic heterocycles. The van der Waals surface area contributed by atoms with Gasteiger partial charge in [-0.3, -0.25) is 4.79 Å². The number of benzene rings is 3. The number of hydrogen-bond acceptors (Lipinski definition) is 3. The molecule has 0 saturated carbocycles. The summed E-state index contributed by atoms with van der Waals surface area (Å²) in [5.74, 6) is 1.34. The third-order valence-corrected chi connectivity index (χ3v) is 5.11. The minimum absolute atomic E-state index is 0.0392. The third-order valence-electron chi connectivity index (χ3n) is 5.11. The number of unbranched alkanes of at least 4 members (excludes halogenated alkanes) is 1. The van der Waals surface area contributed by atoms with Crippen molar-refractivity contribution in [1.29, 1.82) is 0 Å². The van der Waals surface area contributed by atoms with Crippen LogP contribution in [0.25, 0.3) is 22.3 Å². The van der Waals surface area contributed by atoms with Gasteiger partial charge >= 0.3 is 0 Å². The summed E-state index contributed by atoms with van der Waals surface area (Å²) in [6.45, 7) is 2.58. The largest absolute Gasteiger partial charge is 0.493 e. The summed E-state index contributed by atoms with van der Waals surface area (Å²) in [5, 5.41) is 0.582. The molecule has 3 aromatic carbocycles. The van der Waals surface area contributed by atoms with E-state index in [-0.39, 0.29) is 5.43 Å². The van der Waals surface area contributed by atoms with Gasteiger partial charge in [0.2, 0.25) is 0 Å². The lowest BCUT2D eigenvalue weighted by Crippen LogP contribution is -2.04. The van der Waals surface area contributed by atoms with Crippen LogP contribution in [0.15, 0.2) is 88.1 Å². The molecular weight excluding hydrogens is 360 g/mol. The Morgan fingerprint density at radius 3 is 2.34 bits per heavy atom. The maximum Gasteiger partial charge on any atom is 0.193 e. The Labute approximate surface area is 170 Å². The van der Waals surface area contributed by atoms with E-state index in [1.54, 1.807) is 12.1 Å². The fraction of sp³-hybridized carbons (Fsp3) is 0.192. The maximum atomic E-state index is 12.6. The number of fused-ring (bicyclic) bond motifs is 1. The first-order chi connectivity index (χ1) is 14.2. The second-order valence-corrected chi connectivity index (χ2v) is 7.20. The summed E-state index contributed by atoms with van der Waals surface area (Å²) in [5.41, 5.74) is 3.66. The number of rotatable bonds is 7. The van der Waals surface area contributed by atoms with Crippen LogP contribution in [0.1, 0.15) is 24.0 Å². The van der Waals surface area contributed by atoms with Gasteiger partial charge in [0.05, 0.1) is 12.0 Å². The first-order valence-corrected chi connectivity index (χ1v) is 10.0. The molecule has 0 radical (unpaired) electrons. The molecule has 0 fully saturated rings. The van der Waals surface area contributed by atoms with Gasteiger partial charge in [0, 0.05) is 17.2 Å². The molecule has 0 N–H and O–H groups in total. The van der Waals surface area contributed by atoms with Crippen molar-refractivity contribution in [2.75, 3.05) is 6.61 Å². The first-order valence-electron chi connectivity index (χ1n) is 10.0. The van der Waals surface area contributed by atoms with E-state index < -0.39 is 0 Å². The van der Waals surface area contributed by atoms with E-state index in [4.69, 9.17) is 9.15 Å². The first kappa shape index (κ1) is 19.0. The summed E-state index contributed by atoms with van der Waals surface area (Å²) >= 11 is 0. The van der Waals surface area contributed by atoms with Crippen LogP contribution in [0.5, 0.6) is 5.75 Å². The predicted molar refractivity (Wildman–Crippen MR) is 118 cm³/mol. The van der Waals surface area contributed by atoms with Gasteiger partial charge in [-0.1, -0.05) is 60.7 Å². The molecule has 0 atom stereocenters. The Bertz CT molecular complexity index is 1150. The highest BCUT2D eigenvalue weighted by molar-refractivity contribution is 5.83. The smallest absolute Gasteiger partial charge is 0.193 e. The molecule has 0 aliphatic carbocycles. The van der Waals surface area contributed by atoms with E-state index >= 15 is 0 Å². The van der Waals surface area contributed by atoms with E-state index in [0.29, 0.717) is 23.3 Å². The van der Waals surface area contributed by atoms with E-state index in [9.17, 15) is 4.79 Å². The van der Waals surface area contributed by atoms with Crippen molar-refractivity contribution >= 4 is 11.0 Å². The van der Waals surface area contributed by atoms with Crippen molar-refractivity contribution in [3.05, 3.63) is 100 Å². The molecule has 1 aromatic heterocycles. The average Bonchev–Trinajstić information content (AvgIpc) is 2.76. The van der Waals surface area contributed by atoms with Crippen LogP contribution < -0.4 is 10.2 Å². The van der Waals surface area contributed by atoms with Crippen LogP contribution in [0.4, 0.5) is 0 Å². The molecule has 1 heterocycles. The van der Waals surface area contributed by atoms with Gasteiger partial charge in [0.1, 0.15) is 17.1 Å². The van der Waals surface area contributed by atoms with Gasteiger partial charge in [0.15, 0.2) is 5.43 Å². The van der Waals surface area contributed by atoms with Crippen molar-refractivity contribution in [2.24, 2.45) is 0 Å². The minimum Gasteiger partial charge on any atom is -0.493 e. The second-order valence-electron chi connectivity index (χ2n) is 7.20. The van der Waals surface area contributed by atoms with Crippen molar-refractivity contribution < 1.29 is 9.15 Å². The van der Waals surface area contributed by atoms with Crippen molar-refractivity contribution in [3.63, 3.8) is 0 Å². The molecule has 0 saturated heterocycles. The van der Waals surface area contributed by atoms with Crippen LogP contribution in [0.3, 0.4) is 0 Å². The van der Waals surface area contributed by atoms with Crippen LogP contribution in [-0.4, -0.2) is 6.61 Å². The standard InChI is InChI=1S/C26H24O3/c1-19-24(28-17-9-8-12-20-10-4-2-5-11-20)16-15-22-23(27)18-25(29-26(19)22)21-13-6-3-7-14-21/h2-7,10-11,13-16,18H,8-9,12,17H2,1H3. The van der Waals surface area contributed by atoms with Crippen LogP contribution in [-0.2, 0) is 6.42 Å². The number of hydrogen-bond donors (Lipinski definition) is 0. The lowest BCUT2D eigenvalue weighted by atomic mass is 10.1. The lowest BCUT2D eigenvalue weighted by molar-refractivity contribution is 0.305. The Morgan fingerprint density at radius 1 is 0.862 bits per heavy atom. The van der Waals surface area contributed by atoms with Crippen molar-refractivity contribution in [2.45, 2.75) is 26.2 Å². The molecule has 0 aliphatic rings. The summed E-state index contributed by atoms with van der Waals surface area (Å²) in [7, 11) is 0. The fourth-order valence-corrected chi connectivity index (χ4v) is 3.49. The van der Waals surface area contributed by atoms with Gasteiger partial charge in [0.25, 0.3) is 0 Å². The van der Waals surface area contributed by atoms with Gasteiger partial charge in [-0.05, 0) is 43.9 Å². The monoisotopic (exact) mass is 384 g/mol.